The molecule has 1 unspecified atom stereocenters. The first kappa shape index (κ1) is 18.8. The summed E-state index contributed by atoms with van der Waals surface area (Å²) < 4.78 is 49.9. The Bertz CT molecular complexity index is 967. The highest BCUT2D eigenvalue weighted by Gasteiger charge is 2.34. The predicted molar refractivity (Wildman–Crippen MR) is 97.1 cm³/mol. The van der Waals surface area contributed by atoms with Crippen LogP contribution in [0.2, 0.25) is 0 Å². The molecule has 0 aromatic heterocycles. The van der Waals surface area contributed by atoms with Crippen molar-refractivity contribution in [3.8, 4) is 0 Å². The van der Waals surface area contributed by atoms with Crippen LogP contribution < -0.4 is 10.0 Å². The summed E-state index contributed by atoms with van der Waals surface area (Å²) in [5.41, 5.74) is 0.425. The smallest absolute Gasteiger partial charge is 0.263 e. The second-order valence-corrected chi connectivity index (χ2v) is 10.8. The number of fused-ring (bicyclic) bond motifs is 1. The van der Waals surface area contributed by atoms with E-state index in [4.69, 9.17) is 0 Å². The van der Waals surface area contributed by atoms with Crippen LogP contribution in [-0.2, 0) is 24.7 Å². The van der Waals surface area contributed by atoms with Crippen LogP contribution in [0.4, 0.5) is 0 Å². The average molecular weight is 399 g/mol. The molecule has 26 heavy (non-hydrogen) atoms. The van der Waals surface area contributed by atoms with Gasteiger partial charge in [-0.15, -0.1) is 0 Å². The fourth-order valence-corrected chi connectivity index (χ4v) is 5.99. The van der Waals surface area contributed by atoms with E-state index in [1.807, 2.05) is 0 Å². The fourth-order valence-electron chi connectivity index (χ4n) is 3.07. The number of nitrogens with one attached hydrogen (secondary N) is 2. The fraction of sp³-hybridized carbons (Fsp3) is 0.500. The molecule has 0 radical (unpaired) electrons. The van der Waals surface area contributed by atoms with E-state index in [2.05, 4.69) is 15.0 Å². The van der Waals surface area contributed by atoms with Gasteiger partial charge in [0.05, 0.1) is 16.4 Å². The number of nitrogens with zero attached hydrogens (tertiary/aromatic N) is 1. The Balaban J connectivity index is 1.86. The Labute approximate surface area is 153 Å². The molecule has 2 aliphatic rings. The van der Waals surface area contributed by atoms with Crippen molar-refractivity contribution in [2.75, 3.05) is 11.5 Å². The summed E-state index contributed by atoms with van der Waals surface area (Å²) in [4.78, 5) is 17.1. The summed E-state index contributed by atoms with van der Waals surface area (Å²) in [7, 11) is -6.79. The van der Waals surface area contributed by atoms with Gasteiger partial charge in [-0.25, -0.2) is 16.8 Å². The van der Waals surface area contributed by atoms with Crippen LogP contribution in [0.25, 0.3) is 0 Å². The van der Waals surface area contributed by atoms with Gasteiger partial charge in [0.2, 0.25) is 5.91 Å². The summed E-state index contributed by atoms with van der Waals surface area (Å²) in [6.07, 6.45) is 0.380. The van der Waals surface area contributed by atoms with Crippen LogP contribution in [0.15, 0.2) is 34.2 Å². The van der Waals surface area contributed by atoms with E-state index in [-0.39, 0.29) is 28.2 Å². The first-order chi connectivity index (χ1) is 12.1. The molecule has 1 amide bonds. The molecule has 3 rings (SSSR count). The number of sulfonamides is 1. The maximum atomic E-state index is 12.6. The van der Waals surface area contributed by atoms with E-state index < -0.39 is 37.9 Å². The van der Waals surface area contributed by atoms with Crippen LogP contribution >= 0.6 is 0 Å². The number of hydrogen-bond acceptors (Lipinski definition) is 6. The Morgan fingerprint density at radius 1 is 1.23 bits per heavy atom. The third kappa shape index (κ3) is 3.75. The monoisotopic (exact) mass is 399 g/mol. The highest BCUT2D eigenvalue weighted by Crippen LogP contribution is 2.23. The molecule has 0 saturated carbocycles. The van der Waals surface area contributed by atoms with Gasteiger partial charge in [-0.2, -0.15) is 0 Å². The summed E-state index contributed by atoms with van der Waals surface area (Å²) in [6.45, 7) is 3.60. The normalized spacial score (nSPS) is 25.7. The molecule has 2 heterocycles. The van der Waals surface area contributed by atoms with Crippen molar-refractivity contribution in [2.45, 2.75) is 37.2 Å². The molecule has 2 atom stereocenters. The van der Waals surface area contributed by atoms with Gasteiger partial charge in [-0.3, -0.25) is 14.5 Å². The lowest BCUT2D eigenvalue weighted by molar-refractivity contribution is -0.123. The van der Waals surface area contributed by atoms with Crippen molar-refractivity contribution >= 4 is 31.6 Å². The minimum absolute atomic E-state index is 0.0615. The van der Waals surface area contributed by atoms with Crippen LogP contribution in [0.5, 0.6) is 0 Å². The number of carbonyl (C=O) groups is 1. The molecule has 1 aromatic rings. The zero-order chi connectivity index (χ0) is 19.1. The largest absolute Gasteiger partial charge is 0.350 e. The van der Waals surface area contributed by atoms with E-state index in [9.17, 15) is 21.6 Å². The summed E-state index contributed by atoms with van der Waals surface area (Å²) in [5, 5.41) is 2.73. The van der Waals surface area contributed by atoms with Gasteiger partial charge in [0.1, 0.15) is 11.9 Å². The van der Waals surface area contributed by atoms with Crippen molar-refractivity contribution in [2.24, 2.45) is 10.9 Å². The number of carbonyl (C=O) groups excluding carboxylic acids is 1. The maximum Gasteiger partial charge on any atom is 0.263 e. The molecule has 8 nitrogen and oxygen atoms in total. The van der Waals surface area contributed by atoms with Crippen LogP contribution in [0, 0.1) is 5.92 Å². The second kappa shape index (κ2) is 6.66. The number of benzene rings is 1. The van der Waals surface area contributed by atoms with Crippen LogP contribution in [0.1, 0.15) is 25.8 Å². The van der Waals surface area contributed by atoms with E-state index in [0.717, 1.165) is 0 Å². The van der Waals surface area contributed by atoms with Gasteiger partial charge >= 0.3 is 0 Å². The number of sulfone groups is 1. The Hall–Kier alpha value is -1.94. The number of rotatable bonds is 4. The van der Waals surface area contributed by atoms with Crippen molar-refractivity contribution in [1.82, 2.24) is 10.0 Å². The minimum Gasteiger partial charge on any atom is -0.350 e. The van der Waals surface area contributed by atoms with Crippen molar-refractivity contribution in [3.05, 3.63) is 29.8 Å². The van der Waals surface area contributed by atoms with E-state index in [1.165, 1.54) is 6.07 Å². The zero-order valence-electron chi connectivity index (χ0n) is 14.5. The van der Waals surface area contributed by atoms with Gasteiger partial charge < -0.3 is 5.32 Å². The molecule has 142 valence electrons. The topological polar surface area (TPSA) is 122 Å². The van der Waals surface area contributed by atoms with Gasteiger partial charge in [0.15, 0.2) is 9.84 Å². The van der Waals surface area contributed by atoms with E-state index in [1.54, 1.807) is 32.0 Å². The molecule has 0 aliphatic carbocycles. The molecule has 0 spiro atoms. The van der Waals surface area contributed by atoms with Crippen LogP contribution in [0.3, 0.4) is 0 Å². The first-order valence-corrected chi connectivity index (χ1v) is 11.6. The van der Waals surface area contributed by atoms with Crippen molar-refractivity contribution in [1.29, 1.82) is 0 Å². The number of hydrogen-bond donors (Lipinski definition) is 2. The standard InChI is InChI=1S/C16H21N3O5S2/c1-10(2)14(16(20)17-11-7-8-25(21,22)9-11)18-15-12-5-3-4-6-13(12)26(23,24)19-15/h3-6,10-11,14H,7-9H2,1-2H3,(H,17,20)(H,18,19)/t11?,14-/m0/s1. The highest BCUT2D eigenvalue weighted by atomic mass is 32.2. The summed E-state index contributed by atoms with van der Waals surface area (Å²) in [6, 6.07) is 5.17. The van der Waals surface area contributed by atoms with Gasteiger partial charge in [-0.1, -0.05) is 26.0 Å². The maximum absolute atomic E-state index is 12.6. The lowest BCUT2D eigenvalue weighted by atomic mass is 10.0. The summed E-state index contributed by atoms with van der Waals surface area (Å²) >= 11 is 0. The third-order valence-electron chi connectivity index (χ3n) is 4.41. The molecule has 2 N–H and O–H groups in total. The minimum atomic E-state index is -3.68. The number of aliphatic imine (C=N–C) groups is 1. The molecule has 2 aliphatic heterocycles. The van der Waals surface area contributed by atoms with E-state index >= 15 is 0 Å². The van der Waals surface area contributed by atoms with Crippen LogP contribution in [-0.4, -0.2) is 52.2 Å². The molecule has 0 bridgehead atoms. The van der Waals surface area contributed by atoms with Gasteiger partial charge in [-0.05, 0) is 24.5 Å². The molecule has 10 heteroatoms. The third-order valence-corrected chi connectivity index (χ3v) is 7.57. The summed E-state index contributed by atoms with van der Waals surface area (Å²) in [5.74, 6) is -0.480. The van der Waals surface area contributed by atoms with Gasteiger partial charge in [0.25, 0.3) is 10.0 Å². The molecule has 1 aromatic carbocycles. The van der Waals surface area contributed by atoms with Crippen molar-refractivity contribution < 1.29 is 21.6 Å². The Kier molecular flexibility index (Phi) is 4.82. The SMILES string of the molecule is CC(C)[C@H](N=C1NS(=O)(=O)c2ccccc21)C(=O)NC1CCS(=O)(=O)C1. The van der Waals surface area contributed by atoms with Gasteiger partial charge in [0, 0.05) is 11.6 Å². The molecular formula is C16H21N3O5S2. The number of amides is 1. The zero-order valence-corrected chi connectivity index (χ0v) is 16.1. The second-order valence-electron chi connectivity index (χ2n) is 6.88. The first-order valence-electron chi connectivity index (χ1n) is 8.30. The molecule has 1 fully saturated rings. The highest BCUT2D eigenvalue weighted by molar-refractivity contribution is 7.91. The lowest BCUT2D eigenvalue weighted by Gasteiger charge is -2.19. The molecular weight excluding hydrogens is 378 g/mol. The lowest BCUT2D eigenvalue weighted by Crippen LogP contribution is -2.44. The van der Waals surface area contributed by atoms with Crippen molar-refractivity contribution in [3.63, 3.8) is 0 Å². The number of amidine groups is 1. The van der Waals surface area contributed by atoms with E-state index in [0.29, 0.717) is 12.0 Å². The quantitative estimate of drug-likeness (QED) is 0.741. The predicted octanol–water partition coefficient (Wildman–Crippen LogP) is 0.0530. The Morgan fingerprint density at radius 2 is 1.92 bits per heavy atom. The Morgan fingerprint density at radius 3 is 2.54 bits per heavy atom. The average Bonchev–Trinajstić information content (AvgIpc) is 3.01. The molecule has 1 saturated heterocycles.